The lowest BCUT2D eigenvalue weighted by Gasteiger charge is -2.22. The van der Waals surface area contributed by atoms with Crippen molar-refractivity contribution < 1.29 is 0 Å². The van der Waals surface area contributed by atoms with E-state index in [2.05, 4.69) is 43.4 Å². The Kier molecular flexibility index (Phi) is 4.00. The molecule has 1 fully saturated rings. The summed E-state index contributed by atoms with van der Waals surface area (Å²) in [4.78, 5) is 0. The Labute approximate surface area is 99.3 Å². The molecule has 0 radical (unpaired) electrons. The zero-order valence-corrected chi connectivity index (χ0v) is 10.5. The van der Waals surface area contributed by atoms with Crippen LogP contribution in [0.5, 0.6) is 0 Å². The van der Waals surface area contributed by atoms with E-state index in [1.165, 1.54) is 43.5 Å². The lowest BCUT2D eigenvalue weighted by molar-refractivity contribution is 0.372. The van der Waals surface area contributed by atoms with E-state index in [1.54, 1.807) is 0 Å². The summed E-state index contributed by atoms with van der Waals surface area (Å²) in [5.41, 5.74) is 3.00. The Bertz CT molecular complexity index is 324. The van der Waals surface area contributed by atoms with Crippen LogP contribution in [-0.2, 0) is 6.42 Å². The van der Waals surface area contributed by atoms with Crippen molar-refractivity contribution in [1.29, 1.82) is 0 Å². The summed E-state index contributed by atoms with van der Waals surface area (Å²) in [6.45, 7) is 6.94. The zero-order chi connectivity index (χ0) is 11.4. The topological polar surface area (TPSA) is 12.0 Å². The number of piperidine rings is 1. The fourth-order valence-electron chi connectivity index (χ4n) is 2.50. The maximum absolute atomic E-state index is 3.43. The van der Waals surface area contributed by atoms with Gasteiger partial charge in [0, 0.05) is 0 Å². The highest BCUT2D eigenvalue weighted by atomic mass is 14.9. The molecule has 0 bridgehead atoms. The lowest BCUT2D eigenvalue weighted by atomic mass is 9.89. The van der Waals surface area contributed by atoms with Crippen LogP contribution in [0.3, 0.4) is 0 Å². The van der Waals surface area contributed by atoms with Gasteiger partial charge < -0.3 is 5.32 Å². The molecule has 0 atom stereocenters. The Morgan fingerprint density at radius 3 is 2.69 bits per heavy atom. The van der Waals surface area contributed by atoms with Crippen molar-refractivity contribution in [1.82, 2.24) is 5.32 Å². The number of rotatable bonds is 3. The van der Waals surface area contributed by atoms with Gasteiger partial charge in [0.15, 0.2) is 0 Å². The Morgan fingerprint density at radius 1 is 1.25 bits per heavy atom. The van der Waals surface area contributed by atoms with Gasteiger partial charge >= 0.3 is 0 Å². The van der Waals surface area contributed by atoms with Crippen LogP contribution in [0.25, 0.3) is 0 Å². The number of benzene rings is 1. The van der Waals surface area contributed by atoms with E-state index in [4.69, 9.17) is 0 Å². The van der Waals surface area contributed by atoms with E-state index in [-0.39, 0.29) is 0 Å². The molecule has 1 aliphatic rings. The monoisotopic (exact) mass is 217 g/mol. The maximum atomic E-state index is 3.43. The first-order valence-corrected chi connectivity index (χ1v) is 6.55. The molecule has 0 aromatic heterocycles. The van der Waals surface area contributed by atoms with Gasteiger partial charge in [-0.05, 0) is 55.3 Å². The molecule has 1 nitrogen and oxygen atoms in total. The van der Waals surface area contributed by atoms with Crippen molar-refractivity contribution in [2.45, 2.75) is 39.0 Å². The maximum Gasteiger partial charge on any atom is -0.00462 e. The minimum atomic E-state index is 0.646. The van der Waals surface area contributed by atoms with Gasteiger partial charge in [-0.2, -0.15) is 0 Å². The third-order valence-electron chi connectivity index (χ3n) is 3.60. The molecule has 0 spiro atoms. The normalized spacial score (nSPS) is 17.9. The van der Waals surface area contributed by atoms with Crippen LogP contribution in [-0.4, -0.2) is 13.1 Å². The molecule has 1 saturated heterocycles. The third-order valence-corrected chi connectivity index (χ3v) is 3.60. The highest BCUT2D eigenvalue weighted by Crippen LogP contribution is 2.21. The van der Waals surface area contributed by atoms with E-state index < -0.39 is 0 Å². The fraction of sp³-hybridized carbons (Fsp3) is 0.600. The molecule has 16 heavy (non-hydrogen) atoms. The lowest BCUT2D eigenvalue weighted by Crippen LogP contribution is -2.28. The molecule has 0 amide bonds. The third kappa shape index (κ3) is 3.08. The van der Waals surface area contributed by atoms with Crippen LogP contribution in [0, 0.1) is 5.92 Å². The quantitative estimate of drug-likeness (QED) is 0.818. The summed E-state index contributed by atoms with van der Waals surface area (Å²) in [5, 5.41) is 3.43. The molecule has 1 aliphatic heterocycles. The van der Waals surface area contributed by atoms with E-state index in [9.17, 15) is 0 Å². The first kappa shape index (κ1) is 11.7. The molecule has 1 heterocycles. The summed E-state index contributed by atoms with van der Waals surface area (Å²) in [6.07, 6.45) is 3.94. The largest absolute Gasteiger partial charge is 0.317 e. The summed E-state index contributed by atoms with van der Waals surface area (Å²) in [6, 6.07) is 9.14. The number of hydrogen-bond donors (Lipinski definition) is 1. The van der Waals surface area contributed by atoms with Crippen molar-refractivity contribution >= 4 is 0 Å². The summed E-state index contributed by atoms with van der Waals surface area (Å²) >= 11 is 0. The van der Waals surface area contributed by atoms with Crippen molar-refractivity contribution in [2.75, 3.05) is 13.1 Å². The van der Waals surface area contributed by atoms with Gasteiger partial charge in [-0.3, -0.25) is 0 Å². The predicted molar refractivity (Wildman–Crippen MR) is 69.8 cm³/mol. The fourth-order valence-corrected chi connectivity index (χ4v) is 2.50. The minimum Gasteiger partial charge on any atom is -0.317 e. The van der Waals surface area contributed by atoms with Crippen molar-refractivity contribution in [3.8, 4) is 0 Å². The molecule has 88 valence electrons. The average Bonchev–Trinajstić information content (AvgIpc) is 2.30. The van der Waals surface area contributed by atoms with Gasteiger partial charge in [-0.15, -0.1) is 0 Å². The van der Waals surface area contributed by atoms with Crippen molar-refractivity contribution in [3.63, 3.8) is 0 Å². The Hall–Kier alpha value is -0.820. The van der Waals surface area contributed by atoms with Gasteiger partial charge in [0.2, 0.25) is 0 Å². The highest BCUT2D eigenvalue weighted by Gasteiger charge is 2.13. The Balaban J connectivity index is 2.00. The summed E-state index contributed by atoms with van der Waals surface area (Å²) in [7, 11) is 0. The minimum absolute atomic E-state index is 0.646. The zero-order valence-electron chi connectivity index (χ0n) is 10.5. The van der Waals surface area contributed by atoms with Gasteiger partial charge in [0.05, 0.1) is 0 Å². The van der Waals surface area contributed by atoms with Crippen molar-refractivity contribution in [2.24, 2.45) is 5.92 Å². The van der Waals surface area contributed by atoms with E-state index >= 15 is 0 Å². The van der Waals surface area contributed by atoms with Crippen LogP contribution >= 0.6 is 0 Å². The van der Waals surface area contributed by atoms with Crippen LogP contribution < -0.4 is 5.32 Å². The average molecular weight is 217 g/mol. The molecule has 1 aromatic rings. The van der Waals surface area contributed by atoms with Gasteiger partial charge in [-0.25, -0.2) is 0 Å². The van der Waals surface area contributed by atoms with Gasteiger partial charge in [0.25, 0.3) is 0 Å². The molecule has 0 unspecified atom stereocenters. The second-order valence-electron chi connectivity index (χ2n) is 5.30. The smallest absolute Gasteiger partial charge is 0.00462 e. The first-order valence-electron chi connectivity index (χ1n) is 6.55. The molecular formula is C15H23N. The molecule has 0 saturated carbocycles. The predicted octanol–water partition coefficient (Wildman–Crippen LogP) is 3.35. The van der Waals surface area contributed by atoms with Crippen LogP contribution in [0.4, 0.5) is 0 Å². The van der Waals surface area contributed by atoms with Crippen LogP contribution in [0.15, 0.2) is 24.3 Å². The van der Waals surface area contributed by atoms with Gasteiger partial charge in [0.1, 0.15) is 0 Å². The van der Waals surface area contributed by atoms with Crippen LogP contribution in [0.2, 0.25) is 0 Å². The molecule has 0 aliphatic carbocycles. The highest BCUT2D eigenvalue weighted by molar-refractivity contribution is 5.26. The SMILES string of the molecule is CC(C)c1cccc(CC2CCNCC2)c1. The molecule has 1 aromatic carbocycles. The molecule has 2 rings (SSSR count). The number of nitrogens with one attached hydrogen (secondary N) is 1. The molecular weight excluding hydrogens is 194 g/mol. The second kappa shape index (κ2) is 5.49. The first-order chi connectivity index (χ1) is 7.75. The van der Waals surface area contributed by atoms with Gasteiger partial charge in [-0.1, -0.05) is 38.1 Å². The molecule has 1 N–H and O–H groups in total. The van der Waals surface area contributed by atoms with E-state index in [0.29, 0.717) is 5.92 Å². The summed E-state index contributed by atoms with van der Waals surface area (Å²) < 4.78 is 0. The Morgan fingerprint density at radius 2 is 2.00 bits per heavy atom. The van der Waals surface area contributed by atoms with E-state index in [1.807, 2.05) is 0 Å². The van der Waals surface area contributed by atoms with Crippen LogP contribution in [0.1, 0.15) is 43.7 Å². The van der Waals surface area contributed by atoms with E-state index in [0.717, 1.165) is 5.92 Å². The summed E-state index contributed by atoms with van der Waals surface area (Å²) in [5.74, 6) is 1.54. The number of hydrogen-bond acceptors (Lipinski definition) is 1. The standard InChI is InChI=1S/C15H23N/c1-12(2)15-5-3-4-14(11-15)10-13-6-8-16-9-7-13/h3-5,11-13,16H,6-10H2,1-2H3. The second-order valence-corrected chi connectivity index (χ2v) is 5.30. The van der Waals surface area contributed by atoms with Crippen molar-refractivity contribution in [3.05, 3.63) is 35.4 Å². The molecule has 1 heteroatoms.